The van der Waals surface area contributed by atoms with Crippen molar-refractivity contribution in [3.8, 4) is 5.82 Å². The third-order valence-corrected chi connectivity index (χ3v) is 2.25. The van der Waals surface area contributed by atoms with Gasteiger partial charge >= 0.3 is 0 Å². The maximum Gasteiger partial charge on any atom is 0.263 e. The normalized spacial score (nSPS) is 9.62. The first-order valence-corrected chi connectivity index (χ1v) is 4.78. The predicted octanol–water partition coefficient (Wildman–Crippen LogP) is 1.99. The molecule has 2 aromatic rings. The van der Waals surface area contributed by atoms with Gasteiger partial charge in [-0.3, -0.25) is 4.79 Å². The van der Waals surface area contributed by atoms with Crippen molar-refractivity contribution >= 4 is 11.6 Å². The van der Waals surface area contributed by atoms with E-state index in [0.29, 0.717) is 5.82 Å². The number of aryl methyl sites for hydroxylation is 1. The summed E-state index contributed by atoms with van der Waals surface area (Å²) in [7, 11) is 0. The summed E-state index contributed by atoms with van der Waals surface area (Å²) in [5, 5.41) is 0.180. The Morgan fingerprint density at radius 3 is 2.88 bits per heavy atom. The Balaban J connectivity index is 0.00000128. The second kappa shape index (κ2) is 5.71. The zero-order valence-electron chi connectivity index (χ0n) is 8.64. The van der Waals surface area contributed by atoms with Crippen LogP contribution in [0.1, 0.15) is 5.56 Å². The molecule has 1 radical (unpaired) electrons. The first-order valence-electron chi connectivity index (χ1n) is 4.40. The van der Waals surface area contributed by atoms with Crippen molar-refractivity contribution in [3.63, 3.8) is 0 Å². The SMILES string of the molecule is Cc1[c-]cc(-n2cccc(Cl)c2=O)nc1.[Y]. The van der Waals surface area contributed by atoms with Crippen LogP contribution in [0.5, 0.6) is 0 Å². The van der Waals surface area contributed by atoms with Gasteiger partial charge in [-0.05, 0) is 12.1 Å². The van der Waals surface area contributed by atoms with E-state index >= 15 is 0 Å². The molecular formula is C11H8ClN2OY-. The van der Waals surface area contributed by atoms with Gasteiger partial charge in [0.25, 0.3) is 5.56 Å². The molecule has 0 N–H and O–H groups in total. The van der Waals surface area contributed by atoms with Gasteiger partial charge < -0.3 is 9.55 Å². The molecule has 0 aliphatic carbocycles. The maximum atomic E-state index is 11.6. The van der Waals surface area contributed by atoms with Crippen LogP contribution in [-0.4, -0.2) is 9.55 Å². The van der Waals surface area contributed by atoms with E-state index in [1.807, 2.05) is 6.92 Å². The van der Waals surface area contributed by atoms with Crippen molar-refractivity contribution in [1.29, 1.82) is 0 Å². The smallest absolute Gasteiger partial charge is 0.263 e. The standard InChI is InChI=1S/C11H8ClN2O.Y/c1-8-4-5-10(13-7-8)14-6-2-3-9(12)11(14)15;/h2-3,5-7H,1H3;/q-1;. The molecular weight excluding hydrogens is 300 g/mol. The van der Waals surface area contributed by atoms with E-state index in [-0.39, 0.29) is 43.3 Å². The van der Waals surface area contributed by atoms with Gasteiger partial charge in [0.1, 0.15) is 5.02 Å². The molecule has 16 heavy (non-hydrogen) atoms. The molecule has 2 rings (SSSR count). The zero-order chi connectivity index (χ0) is 10.8. The zero-order valence-corrected chi connectivity index (χ0v) is 12.2. The Hall–Kier alpha value is -0.506. The molecule has 0 aromatic carbocycles. The van der Waals surface area contributed by atoms with Crippen LogP contribution in [0.4, 0.5) is 0 Å². The van der Waals surface area contributed by atoms with E-state index in [1.54, 1.807) is 30.6 Å². The molecule has 0 amide bonds. The average molecular weight is 309 g/mol. The molecule has 2 aromatic heterocycles. The molecule has 0 bridgehead atoms. The van der Waals surface area contributed by atoms with Gasteiger partial charge in [0.15, 0.2) is 0 Å². The summed E-state index contributed by atoms with van der Waals surface area (Å²) in [6, 6.07) is 7.89. The summed E-state index contributed by atoms with van der Waals surface area (Å²) in [5.41, 5.74) is 0.651. The maximum absolute atomic E-state index is 11.6. The molecule has 3 nitrogen and oxygen atoms in total. The Morgan fingerprint density at radius 1 is 1.50 bits per heavy atom. The number of nitrogens with zero attached hydrogens (tertiary/aromatic N) is 2. The van der Waals surface area contributed by atoms with Gasteiger partial charge in [0, 0.05) is 44.7 Å². The quantitative estimate of drug-likeness (QED) is 0.755. The molecule has 0 saturated carbocycles. The van der Waals surface area contributed by atoms with Crippen molar-refractivity contribution in [2.24, 2.45) is 0 Å². The Kier molecular flexibility index (Phi) is 4.84. The Labute approximate surface area is 123 Å². The van der Waals surface area contributed by atoms with E-state index < -0.39 is 0 Å². The van der Waals surface area contributed by atoms with Crippen molar-refractivity contribution in [3.05, 3.63) is 57.6 Å². The van der Waals surface area contributed by atoms with Crippen LogP contribution in [-0.2, 0) is 32.7 Å². The molecule has 0 atom stereocenters. The molecule has 0 spiro atoms. The van der Waals surface area contributed by atoms with Crippen molar-refractivity contribution in [2.75, 3.05) is 0 Å². The van der Waals surface area contributed by atoms with Crippen LogP contribution in [0.25, 0.3) is 5.82 Å². The largest absolute Gasteiger partial charge is 0.367 e. The minimum absolute atomic E-state index is 0. The van der Waals surface area contributed by atoms with Gasteiger partial charge in [0.2, 0.25) is 0 Å². The van der Waals surface area contributed by atoms with E-state index in [2.05, 4.69) is 11.1 Å². The molecule has 5 heteroatoms. The molecule has 2 heterocycles. The summed E-state index contributed by atoms with van der Waals surface area (Å²) < 4.78 is 1.39. The third-order valence-electron chi connectivity index (χ3n) is 1.97. The van der Waals surface area contributed by atoms with Crippen LogP contribution < -0.4 is 5.56 Å². The topological polar surface area (TPSA) is 34.9 Å². The van der Waals surface area contributed by atoms with E-state index in [9.17, 15) is 4.79 Å². The van der Waals surface area contributed by atoms with Gasteiger partial charge in [-0.2, -0.15) is 6.07 Å². The van der Waals surface area contributed by atoms with Crippen LogP contribution in [0.3, 0.4) is 0 Å². The van der Waals surface area contributed by atoms with Gasteiger partial charge in [-0.1, -0.05) is 24.7 Å². The van der Waals surface area contributed by atoms with Crippen LogP contribution in [0, 0.1) is 13.0 Å². The molecule has 79 valence electrons. The van der Waals surface area contributed by atoms with Crippen LogP contribution >= 0.6 is 11.6 Å². The van der Waals surface area contributed by atoms with Crippen molar-refractivity contribution in [2.45, 2.75) is 6.92 Å². The van der Waals surface area contributed by atoms with Crippen molar-refractivity contribution in [1.82, 2.24) is 9.55 Å². The fraction of sp³-hybridized carbons (Fsp3) is 0.0909. The minimum Gasteiger partial charge on any atom is -0.367 e. The summed E-state index contributed by atoms with van der Waals surface area (Å²) in [6.45, 7) is 1.89. The molecule has 0 unspecified atom stereocenters. The monoisotopic (exact) mass is 308 g/mol. The van der Waals surface area contributed by atoms with E-state index in [4.69, 9.17) is 11.6 Å². The fourth-order valence-corrected chi connectivity index (χ4v) is 1.36. The van der Waals surface area contributed by atoms with Crippen molar-refractivity contribution < 1.29 is 32.7 Å². The number of hydrogen-bond acceptors (Lipinski definition) is 2. The molecule has 0 aliphatic rings. The number of hydrogen-bond donors (Lipinski definition) is 0. The first-order chi connectivity index (χ1) is 7.18. The van der Waals surface area contributed by atoms with E-state index in [0.717, 1.165) is 5.56 Å². The second-order valence-corrected chi connectivity index (χ2v) is 3.53. The summed E-state index contributed by atoms with van der Waals surface area (Å²) >= 11 is 5.72. The average Bonchev–Trinajstić information content (AvgIpc) is 2.24. The second-order valence-electron chi connectivity index (χ2n) is 3.12. The first kappa shape index (κ1) is 13.6. The Morgan fingerprint density at radius 2 is 2.25 bits per heavy atom. The Bertz CT molecular complexity index is 536. The minimum atomic E-state index is -0.274. The fourth-order valence-electron chi connectivity index (χ4n) is 1.20. The molecule has 0 aliphatic heterocycles. The summed E-state index contributed by atoms with van der Waals surface area (Å²) in [4.78, 5) is 15.8. The van der Waals surface area contributed by atoms with Crippen LogP contribution in [0.15, 0.2) is 35.4 Å². The van der Waals surface area contributed by atoms with Crippen LogP contribution in [0.2, 0.25) is 5.02 Å². The van der Waals surface area contributed by atoms with Gasteiger partial charge in [0.05, 0.1) is 0 Å². The number of halogens is 1. The molecule has 0 fully saturated rings. The number of aromatic nitrogens is 2. The van der Waals surface area contributed by atoms with Gasteiger partial charge in [-0.15, -0.1) is 11.6 Å². The number of rotatable bonds is 1. The summed E-state index contributed by atoms with van der Waals surface area (Å²) in [6.07, 6.45) is 3.28. The van der Waals surface area contributed by atoms with E-state index in [1.165, 1.54) is 4.57 Å². The third kappa shape index (κ3) is 2.79. The molecule has 0 saturated heterocycles. The van der Waals surface area contributed by atoms with Gasteiger partial charge in [-0.25, -0.2) is 0 Å². The predicted molar refractivity (Wildman–Crippen MR) is 58.4 cm³/mol. The number of pyridine rings is 2. The summed E-state index contributed by atoms with van der Waals surface area (Å²) in [5.74, 6) is 0.521.